The van der Waals surface area contributed by atoms with E-state index in [9.17, 15) is 4.79 Å². The molecule has 0 fully saturated rings. The lowest BCUT2D eigenvalue weighted by Crippen LogP contribution is -2.27. The van der Waals surface area contributed by atoms with Crippen molar-refractivity contribution in [2.45, 2.75) is 27.3 Å². The second-order valence-electron chi connectivity index (χ2n) is 8.31. The molecule has 1 aromatic heterocycles. The fourth-order valence-electron chi connectivity index (χ4n) is 3.46. The normalized spacial score (nSPS) is 11.9. The molecule has 0 aliphatic rings. The van der Waals surface area contributed by atoms with E-state index in [1.54, 1.807) is 0 Å². The number of nitrogens with one attached hydrogen (secondary N) is 1. The van der Waals surface area contributed by atoms with Gasteiger partial charge in [0.2, 0.25) is 5.91 Å². The molecule has 1 amide bonds. The molecule has 148 valence electrons. The number of benzene rings is 3. The van der Waals surface area contributed by atoms with Gasteiger partial charge < -0.3 is 9.88 Å². The summed E-state index contributed by atoms with van der Waals surface area (Å²) in [6.45, 7) is 6.46. The van der Waals surface area contributed by atoms with E-state index >= 15 is 0 Å². The molecule has 1 N–H and O–H groups in total. The van der Waals surface area contributed by atoms with Gasteiger partial charge in [0.05, 0.1) is 11.0 Å². The Bertz CT molecular complexity index is 1180. The topological polar surface area (TPSA) is 34.0 Å². The number of hydrogen-bond acceptors (Lipinski definition) is 1. The lowest BCUT2D eigenvalue weighted by Gasteiger charge is -2.18. The molecule has 0 unspecified atom stereocenters. The highest BCUT2D eigenvalue weighted by atomic mass is 79.9. The van der Waals surface area contributed by atoms with E-state index < -0.39 is 5.41 Å². The Balaban J connectivity index is 1.78. The largest absolute Gasteiger partial charge is 0.336 e. The van der Waals surface area contributed by atoms with E-state index in [2.05, 4.69) is 90.3 Å². The zero-order valence-corrected chi connectivity index (χ0v) is 19.8. The molecule has 0 spiro atoms. The Kier molecular flexibility index (Phi) is 5.30. The van der Waals surface area contributed by atoms with Crippen LogP contribution in [-0.2, 0) is 11.3 Å². The quantitative estimate of drug-likeness (QED) is 0.305. The summed E-state index contributed by atoms with van der Waals surface area (Å²) in [5.41, 5.74) is 3.88. The number of rotatable bonds is 3. The minimum absolute atomic E-state index is 0.0133. The number of carbonyl (C=O) groups is 1. The van der Waals surface area contributed by atoms with Gasteiger partial charge >= 0.3 is 0 Å². The van der Waals surface area contributed by atoms with Gasteiger partial charge in [-0.15, -0.1) is 0 Å². The second-order valence-corrected chi connectivity index (χ2v) is 10.1. The molecule has 1 heterocycles. The van der Waals surface area contributed by atoms with Crippen LogP contribution < -0.4 is 5.32 Å². The Morgan fingerprint density at radius 2 is 1.48 bits per heavy atom. The first-order valence-corrected chi connectivity index (χ1v) is 11.1. The summed E-state index contributed by atoms with van der Waals surface area (Å²) < 4.78 is 4.43. The van der Waals surface area contributed by atoms with Crippen LogP contribution in [0.25, 0.3) is 21.8 Å². The zero-order chi connectivity index (χ0) is 20.8. The molecular formula is C24H22Br2N2O. The average Bonchev–Trinajstić information content (AvgIpc) is 2.93. The van der Waals surface area contributed by atoms with Gasteiger partial charge in [-0.05, 0) is 42.0 Å². The molecule has 3 aromatic carbocycles. The molecule has 0 saturated heterocycles. The third kappa shape index (κ3) is 4.12. The predicted molar refractivity (Wildman–Crippen MR) is 128 cm³/mol. The number of nitrogens with zero attached hydrogens (tertiary/aromatic N) is 1. The van der Waals surface area contributed by atoms with Gasteiger partial charge in [-0.3, -0.25) is 4.79 Å². The molecule has 4 rings (SSSR count). The van der Waals surface area contributed by atoms with E-state index in [1.165, 1.54) is 21.8 Å². The third-order valence-corrected chi connectivity index (χ3v) is 5.98. The van der Waals surface area contributed by atoms with Crippen molar-refractivity contribution < 1.29 is 4.79 Å². The summed E-state index contributed by atoms with van der Waals surface area (Å²) in [4.78, 5) is 12.4. The predicted octanol–water partition coefficient (Wildman–Crippen LogP) is 7.35. The maximum atomic E-state index is 12.4. The van der Waals surface area contributed by atoms with Gasteiger partial charge in [-0.25, -0.2) is 0 Å². The highest BCUT2D eigenvalue weighted by molar-refractivity contribution is 9.10. The molecule has 0 aliphatic heterocycles. The van der Waals surface area contributed by atoms with Crippen LogP contribution in [0, 0.1) is 5.41 Å². The number of halogens is 2. The van der Waals surface area contributed by atoms with Crippen molar-refractivity contribution in [3.05, 3.63) is 75.2 Å². The molecule has 0 radical (unpaired) electrons. The Labute approximate surface area is 187 Å². The van der Waals surface area contributed by atoms with Crippen molar-refractivity contribution in [1.82, 2.24) is 4.57 Å². The minimum Gasteiger partial charge on any atom is -0.336 e. The zero-order valence-electron chi connectivity index (χ0n) is 16.6. The van der Waals surface area contributed by atoms with Crippen LogP contribution in [0.5, 0.6) is 0 Å². The molecule has 0 bridgehead atoms. The summed E-state index contributed by atoms with van der Waals surface area (Å²) >= 11 is 7.22. The summed E-state index contributed by atoms with van der Waals surface area (Å²) in [5.74, 6) is 0.0133. The standard InChI is InChI=1S/C24H22Br2N2O/c1-24(2,3)23(29)27-18-6-4-5-15(11-18)14-28-21-12-16(25)7-9-19(21)20-10-8-17(26)13-22(20)28/h4-13H,14H2,1-3H3,(H,27,29). The van der Waals surface area contributed by atoms with Crippen LogP contribution in [-0.4, -0.2) is 10.5 Å². The van der Waals surface area contributed by atoms with Gasteiger partial charge in [-0.2, -0.15) is 0 Å². The average molecular weight is 514 g/mol. The van der Waals surface area contributed by atoms with Crippen molar-refractivity contribution in [3.63, 3.8) is 0 Å². The van der Waals surface area contributed by atoms with Crippen LogP contribution >= 0.6 is 31.9 Å². The summed E-state index contributed by atoms with van der Waals surface area (Å²) in [6, 6.07) is 20.9. The van der Waals surface area contributed by atoms with Crippen LogP contribution in [0.3, 0.4) is 0 Å². The number of carbonyl (C=O) groups excluding carboxylic acids is 1. The van der Waals surface area contributed by atoms with Crippen LogP contribution in [0.1, 0.15) is 26.3 Å². The third-order valence-electron chi connectivity index (χ3n) is 5.00. The molecule has 0 atom stereocenters. The fraction of sp³-hybridized carbons (Fsp3) is 0.208. The first kappa shape index (κ1) is 20.2. The number of amides is 1. The van der Waals surface area contributed by atoms with Gasteiger partial charge in [0.1, 0.15) is 0 Å². The second kappa shape index (κ2) is 7.62. The maximum Gasteiger partial charge on any atom is 0.229 e. The first-order chi connectivity index (χ1) is 13.7. The summed E-state index contributed by atoms with van der Waals surface area (Å²) in [7, 11) is 0. The van der Waals surface area contributed by atoms with Gasteiger partial charge in [0.15, 0.2) is 0 Å². The van der Waals surface area contributed by atoms with Crippen molar-refractivity contribution in [1.29, 1.82) is 0 Å². The van der Waals surface area contributed by atoms with Crippen LogP contribution in [0.15, 0.2) is 69.6 Å². The number of hydrogen-bond donors (Lipinski definition) is 1. The van der Waals surface area contributed by atoms with Crippen molar-refractivity contribution in [2.75, 3.05) is 5.32 Å². The van der Waals surface area contributed by atoms with E-state index in [1.807, 2.05) is 32.9 Å². The van der Waals surface area contributed by atoms with E-state index in [-0.39, 0.29) is 5.91 Å². The van der Waals surface area contributed by atoms with E-state index in [0.717, 1.165) is 20.2 Å². The molecular weight excluding hydrogens is 492 g/mol. The monoisotopic (exact) mass is 512 g/mol. The minimum atomic E-state index is -0.429. The highest BCUT2D eigenvalue weighted by Gasteiger charge is 2.21. The Morgan fingerprint density at radius 1 is 0.897 bits per heavy atom. The fourth-order valence-corrected chi connectivity index (χ4v) is 4.16. The number of fused-ring (bicyclic) bond motifs is 3. The summed E-state index contributed by atoms with van der Waals surface area (Å²) in [6.07, 6.45) is 0. The maximum absolute atomic E-state index is 12.4. The number of aromatic nitrogens is 1. The molecule has 3 nitrogen and oxygen atoms in total. The lowest BCUT2D eigenvalue weighted by molar-refractivity contribution is -0.123. The summed E-state index contributed by atoms with van der Waals surface area (Å²) in [5, 5.41) is 5.49. The van der Waals surface area contributed by atoms with Crippen LogP contribution in [0.4, 0.5) is 5.69 Å². The van der Waals surface area contributed by atoms with Crippen LogP contribution in [0.2, 0.25) is 0 Å². The van der Waals surface area contributed by atoms with E-state index in [4.69, 9.17) is 0 Å². The van der Waals surface area contributed by atoms with E-state index in [0.29, 0.717) is 6.54 Å². The molecule has 0 aliphatic carbocycles. The van der Waals surface area contributed by atoms with Gasteiger partial charge in [0.25, 0.3) is 0 Å². The molecule has 0 saturated carbocycles. The Hall–Kier alpha value is -2.11. The first-order valence-electron chi connectivity index (χ1n) is 9.50. The lowest BCUT2D eigenvalue weighted by atomic mass is 9.95. The molecule has 5 heteroatoms. The molecule has 4 aromatic rings. The van der Waals surface area contributed by atoms with Gasteiger partial charge in [-0.1, -0.05) is 76.9 Å². The smallest absolute Gasteiger partial charge is 0.229 e. The number of anilines is 1. The van der Waals surface area contributed by atoms with Crippen molar-refractivity contribution in [2.24, 2.45) is 5.41 Å². The SMILES string of the molecule is CC(C)(C)C(=O)Nc1cccc(Cn2c3cc(Br)ccc3c3ccc(Br)cc32)c1. The Morgan fingerprint density at radius 3 is 2.03 bits per heavy atom. The van der Waals surface area contributed by atoms with Crippen molar-refractivity contribution in [3.8, 4) is 0 Å². The molecule has 29 heavy (non-hydrogen) atoms. The van der Waals surface area contributed by atoms with Crippen molar-refractivity contribution >= 4 is 65.3 Å². The van der Waals surface area contributed by atoms with Gasteiger partial charge in [0, 0.05) is 37.4 Å². The highest BCUT2D eigenvalue weighted by Crippen LogP contribution is 2.33.